The molecule has 2 aromatic heterocycles. The van der Waals surface area contributed by atoms with Crippen molar-refractivity contribution in [1.82, 2.24) is 15.3 Å². The Morgan fingerprint density at radius 3 is 2.76 bits per heavy atom. The molecule has 0 unspecified atom stereocenters. The molecule has 0 spiro atoms. The average molecular weight is 401 g/mol. The van der Waals surface area contributed by atoms with Crippen molar-refractivity contribution in [1.29, 1.82) is 0 Å². The van der Waals surface area contributed by atoms with Crippen LogP contribution in [-0.4, -0.2) is 21.9 Å². The van der Waals surface area contributed by atoms with Crippen molar-refractivity contribution in [3.63, 3.8) is 0 Å². The molecule has 144 valence electrons. The van der Waals surface area contributed by atoms with Gasteiger partial charge in [-0.1, -0.05) is 30.3 Å². The van der Waals surface area contributed by atoms with Crippen LogP contribution in [0.15, 0.2) is 66.3 Å². The SMILES string of the molecule is O=C(NCc1cccc(-c2ccc3ncnc(NC4CC4)c3c2)c1)c1cccs1. The van der Waals surface area contributed by atoms with Gasteiger partial charge in [-0.05, 0) is 59.2 Å². The van der Waals surface area contributed by atoms with Gasteiger partial charge in [0.05, 0.1) is 10.4 Å². The Bertz CT molecular complexity index is 1170. The number of aromatic nitrogens is 2. The van der Waals surface area contributed by atoms with Gasteiger partial charge in [0.15, 0.2) is 0 Å². The fraction of sp³-hybridized carbons (Fsp3) is 0.174. The number of rotatable bonds is 6. The van der Waals surface area contributed by atoms with E-state index in [1.807, 2.05) is 35.7 Å². The number of anilines is 1. The van der Waals surface area contributed by atoms with Crippen LogP contribution in [-0.2, 0) is 6.54 Å². The van der Waals surface area contributed by atoms with Crippen molar-refractivity contribution >= 4 is 34.0 Å². The number of nitrogens with one attached hydrogen (secondary N) is 2. The van der Waals surface area contributed by atoms with Crippen molar-refractivity contribution in [2.24, 2.45) is 0 Å². The summed E-state index contributed by atoms with van der Waals surface area (Å²) in [5, 5.41) is 9.43. The molecule has 1 aliphatic rings. The highest BCUT2D eigenvalue weighted by Gasteiger charge is 2.22. The second kappa shape index (κ2) is 7.64. The molecule has 2 N–H and O–H groups in total. The summed E-state index contributed by atoms with van der Waals surface area (Å²) < 4.78 is 0. The average Bonchev–Trinajstić information content (AvgIpc) is 3.40. The standard InChI is InChI=1S/C23H20N4OS/c28-23(21-5-2-10-29-21)24-13-15-3-1-4-16(11-15)17-6-9-20-19(12-17)22(26-14-25-20)27-18-7-8-18/h1-6,9-12,14,18H,7-8,13H2,(H,24,28)(H,25,26,27). The van der Waals surface area contributed by atoms with Crippen molar-refractivity contribution in [2.75, 3.05) is 5.32 Å². The molecule has 1 aliphatic carbocycles. The predicted octanol–water partition coefficient (Wildman–Crippen LogP) is 4.86. The highest BCUT2D eigenvalue weighted by Crippen LogP contribution is 2.30. The third-order valence-corrected chi connectivity index (χ3v) is 5.88. The molecular formula is C23H20N4OS. The smallest absolute Gasteiger partial charge is 0.261 e. The Hall–Kier alpha value is -3.25. The first-order chi connectivity index (χ1) is 14.3. The third-order valence-electron chi connectivity index (χ3n) is 5.01. The maximum absolute atomic E-state index is 12.2. The number of fused-ring (bicyclic) bond motifs is 1. The summed E-state index contributed by atoms with van der Waals surface area (Å²) in [6.45, 7) is 0.496. The predicted molar refractivity (Wildman–Crippen MR) is 117 cm³/mol. The molecule has 4 aromatic rings. The van der Waals surface area contributed by atoms with Gasteiger partial charge in [-0.15, -0.1) is 11.3 Å². The van der Waals surface area contributed by atoms with E-state index >= 15 is 0 Å². The molecule has 0 aliphatic heterocycles. The summed E-state index contributed by atoms with van der Waals surface area (Å²) in [6.07, 6.45) is 4.01. The molecule has 29 heavy (non-hydrogen) atoms. The molecule has 5 nitrogen and oxygen atoms in total. The molecule has 2 aromatic carbocycles. The first kappa shape index (κ1) is 17.8. The van der Waals surface area contributed by atoms with E-state index in [1.165, 1.54) is 24.2 Å². The largest absolute Gasteiger partial charge is 0.367 e. The first-order valence-electron chi connectivity index (χ1n) is 9.68. The number of hydrogen-bond acceptors (Lipinski definition) is 5. The summed E-state index contributed by atoms with van der Waals surface area (Å²) in [4.78, 5) is 21.8. The molecule has 0 atom stereocenters. The van der Waals surface area contributed by atoms with Crippen LogP contribution in [0.3, 0.4) is 0 Å². The highest BCUT2D eigenvalue weighted by atomic mass is 32.1. The second-order valence-corrected chi connectivity index (χ2v) is 8.18. The minimum absolute atomic E-state index is 0.0379. The van der Waals surface area contributed by atoms with Gasteiger partial charge < -0.3 is 10.6 Å². The lowest BCUT2D eigenvalue weighted by Gasteiger charge is -2.10. The number of nitrogens with zero attached hydrogens (tertiary/aromatic N) is 2. The fourth-order valence-electron chi connectivity index (χ4n) is 3.31. The quantitative estimate of drug-likeness (QED) is 0.485. The third kappa shape index (κ3) is 3.98. The van der Waals surface area contributed by atoms with Crippen molar-refractivity contribution in [2.45, 2.75) is 25.4 Å². The van der Waals surface area contributed by atoms with Crippen LogP contribution in [0.1, 0.15) is 28.1 Å². The van der Waals surface area contributed by atoms with Crippen LogP contribution in [0.25, 0.3) is 22.0 Å². The minimum atomic E-state index is -0.0379. The number of hydrogen-bond donors (Lipinski definition) is 2. The van der Waals surface area contributed by atoms with Crippen LogP contribution >= 0.6 is 11.3 Å². The normalized spacial score (nSPS) is 13.4. The number of thiophene rings is 1. The Kier molecular flexibility index (Phi) is 4.69. The maximum atomic E-state index is 12.2. The van der Waals surface area contributed by atoms with Gasteiger partial charge in [0.25, 0.3) is 5.91 Å². The van der Waals surface area contributed by atoms with Crippen LogP contribution in [0.5, 0.6) is 0 Å². The molecule has 6 heteroatoms. The van der Waals surface area contributed by atoms with E-state index < -0.39 is 0 Å². The monoisotopic (exact) mass is 400 g/mol. The van der Waals surface area contributed by atoms with Gasteiger partial charge >= 0.3 is 0 Å². The Morgan fingerprint density at radius 1 is 1.03 bits per heavy atom. The van der Waals surface area contributed by atoms with E-state index in [0.717, 1.165) is 38.3 Å². The molecule has 2 heterocycles. The van der Waals surface area contributed by atoms with E-state index in [0.29, 0.717) is 12.6 Å². The van der Waals surface area contributed by atoms with Crippen LogP contribution in [0, 0.1) is 0 Å². The van der Waals surface area contributed by atoms with Gasteiger partial charge in [-0.2, -0.15) is 0 Å². The topological polar surface area (TPSA) is 66.9 Å². The second-order valence-electron chi connectivity index (χ2n) is 7.23. The molecule has 5 rings (SSSR count). The summed E-state index contributed by atoms with van der Waals surface area (Å²) in [6, 6.07) is 18.8. The Morgan fingerprint density at radius 2 is 1.93 bits per heavy atom. The number of amides is 1. The van der Waals surface area contributed by atoms with E-state index in [9.17, 15) is 4.79 Å². The molecule has 0 radical (unpaired) electrons. The van der Waals surface area contributed by atoms with Gasteiger partial charge in [0.1, 0.15) is 12.1 Å². The summed E-state index contributed by atoms with van der Waals surface area (Å²) >= 11 is 1.45. The zero-order chi connectivity index (χ0) is 19.6. The lowest BCUT2D eigenvalue weighted by molar-refractivity contribution is 0.0955. The van der Waals surface area contributed by atoms with Gasteiger partial charge in [0, 0.05) is 18.0 Å². The van der Waals surface area contributed by atoms with Crippen molar-refractivity contribution in [3.05, 3.63) is 76.7 Å². The Balaban J connectivity index is 1.39. The summed E-state index contributed by atoms with van der Waals surface area (Å²) in [5.74, 6) is 0.864. The van der Waals surface area contributed by atoms with E-state index in [-0.39, 0.29) is 5.91 Å². The minimum Gasteiger partial charge on any atom is -0.367 e. The summed E-state index contributed by atoms with van der Waals surface area (Å²) in [5.41, 5.74) is 4.22. The number of benzene rings is 2. The highest BCUT2D eigenvalue weighted by molar-refractivity contribution is 7.12. The van der Waals surface area contributed by atoms with E-state index in [1.54, 1.807) is 6.33 Å². The lowest BCUT2D eigenvalue weighted by atomic mass is 10.0. The molecular weight excluding hydrogens is 380 g/mol. The molecule has 1 amide bonds. The molecule has 1 saturated carbocycles. The molecule has 0 bridgehead atoms. The lowest BCUT2D eigenvalue weighted by Crippen LogP contribution is -2.21. The van der Waals surface area contributed by atoms with E-state index in [4.69, 9.17) is 0 Å². The van der Waals surface area contributed by atoms with Crippen molar-refractivity contribution < 1.29 is 4.79 Å². The van der Waals surface area contributed by atoms with Crippen molar-refractivity contribution in [3.8, 4) is 11.1 Å². The molecule has 1 fully saturated rings. The maximum Gasteiger partial charge on any atom is 0.261 e. The number of carbonyl (C=O) groups excluding carboxylic acids is 1. The van der Waals surface area contributed by atoms with Gasteiger partial charge in [-0.25, -0.2) is 9.97 Å². The summed E-state index contributed by atoms with van der Waals surface area (Å²) in [7, 11) is 0. The first-order valence-corrected chi connectivity index (χ1v) is 10.6. The Labute approximate surface area is 172 Å². The van der Waals surface area contributed by atoms with Crippen LogP contribution in [0.2, 0.25) is 0 Å². The fourth-order valence-corrected chi connectivity index (χ4v) is 3.95. The van der Waals surface area contributed by atoms with E-state index in [2.05, 4.69) is 44.9 Å². The molecule has 0 saturated heterocycles. The van der Waals surface area contributed by atoms with Gasteiger partial charge in [0.2, 0.25) is 0 Å². The van der Waals surface area contributed by atoms with Gasteiger partial charge in [-0.3, -0.25) is 4.79 Å². The number of carbonyl (C=O) groups is 1. The van der Waals surface area contributed by atoms with Crippen LogP contribution in [0.4, 0.5) is 5.82 Å². The zero-order valence-corrected chi connectivity index (χ0v) is 16.6. The zero-order valence-electron chi connectivity index (χ0n) is 15.8. The van der Waals surface area contributed by atoms with Crippen LogP contribution < -0.4 is 10.6 Å².